The second kappa shape index (κ2) is 4.25. The fourth-order valence-electron chi connectivity index (χ4n) is 1.03. The second-order valence-corrected chi connectivity index (χ2v) is 2.53. The van der Waals surface area contributed by atoms with Gasteiger partial charge in [0.15, 0.2) is 0 Å². The number of furan rings is 1. The van der Waals surface area contributed by atoms with E-state index in [-0.39, 0.29) is 6.61 Å². The van der Waals surface area contributed by atoms with E-state index < -0.39 is 6.04 Å². The third-order valence-electron chi connectivity index (χ3n) is 1.61. The first-order valence-corrected chi connectivity index (χ1v) is 3.71. The largest absolute Gasteiger partial charge is 0.467 e. The van der Waals surface area contributed by atoms with Crippen molar-refractivity contribution < 1.29 is 14.3 Å². The molecule has 1 unspecified atom stereocenters. The van der Waals surface area contributed by atoms with Crippen LogP contribution < -0.4 is 5.73 Å². The van der Waals surface area contributed by atoms with Crippen LogP contribution in [0, 0.1) is 0 Å². The van der Waals surface area contributed by atoms with E-state index in [2.05, 4.69) is 0 Å². The predicted octanol–water partition coefficient (Wildman–Crippen LogP) is 0.418. The molecule has 1 atom stereocenters. The molecule has 0 bridgehead atoms. The smallest absolute Gasteiger partial charge is 0.128 e. The average molecular weight is 171 g/mol. The maximum absolute atomic E-state index is 8.77. The van der Waals surface area contributed by atoms with E-state index in [9.17, 15) is 0 Å². The lowest BCUT2D eigenvalue weighted by molar-refractivity contribution is 0.180. The Hall–Kier alpha value is -0.840. The van der Waals surface area contributed by atoms with Crippen LogP contribution in [0.2, 0.25) is 0 Å². The molecular weight excluding hydrogens is 158 g/mol. The van der Waals surface area contributed by atoms with E-state index in [1.54, 1.807) is 19.4 Å². The lowest BCUT2D eigenvalue weighted by Gasteiger charge is -2.06. The first-order valence-electron chi connectivity index (χ1n) is 3.71. The van der Waals surface area contributed by atoms with Gasteiger partial charge in [0.25, 0.3) is 0 Å². The van der Waals surface area contributed by atoms with Gasteiger partial charge in [-0.05, 0) is 6.07 Å². The van der Waals surface area contributed by atoms with Gasteiger partial charge in [0.1, 0.15) is 5.76 Å². The van der Waals surface area contributed by atoms with Gasteiger partial charge in [0.05, 0.1) is 25.5 Å². The number of nitrogens with two attached hydrogens (primary N) is 1. The first-order chi connectivity index (χ1) is 5.79. The molecule has 0 saturated carbocycles. The van der Waals surface area contributed by atoms with Crippen molar-refractivity contribution in [2.45, 2.75) is 12.6 Å². The van der Waals surface area contributed by atoms with Crippen LogP contribution in [-0.2, 0) is 11.3 Å². The van der Waals surface area contributed by atoms with Crippen molar-refractivity contribution in [2.24, 2.45) is 5.73 Å². The molecule has 12 heavy (non-hydrogen) atoms. The molecule has 0 fully saturated rings. The summed E-state index contributed by atoms with van der Waals surface area (Å²) in [5.74, 6) is 0.597. The summed E-state index contributed by atoms with van der Waals surface area (Å²) in [5, 5.41) is 8.77. The molecule has 3 N–H and O–H groups in total. The van der Waals surface area contributed by atoms with Gasteiger partial charge in [0.2, 0.25) is 0 Å². The standard InChI is InChI=1S/C8H13NO3/c1-11-5-6-2-3-12-8(6)7(9)4-10/h2-3,7,10H,4-5,9H2,1H3. The van der Waals surface area contributed by atoms with Crippen molar-refractivity contribution in [1.82, 2.24) is 0 Å². The highest BCUT2D eigenvalue weighted by Gasteiger charge is 2.13. The minimum Gasteiger partial charge on any atom is -0.467 e. The van der Waals surface area contributed by atoms with Crippen molar-refractivity contribution in [1.29, 1.82) is 0 Å². The summed E-state index contributed by atoms with van der Waals surface area (Å²) in [6, 6.07) is 1.33. The molecule has 1 aromatic rings. The lowest BCUT2D eigenvalue weighted by atomic mass is 10.1. The molecule has 0 aliphatic heterocycles. The average Bonchev–Trinajstić information content (AvgIpc) is 2.52. The lowest BCUT2D eigenvalue weighted by Crippen LogP contribution is -2.15. The quantitative estimate of drug-likeness (QED) is 0.688. The number of aliphatic hydroxyl groups excluding tert-OH is 1. The predicted molar refractivity (Wildman–Crippen MR) is 43.4 cm³/mol. The Kier molecular flexibility index (Phi) is 3.28. The van der Waals surface area contributed by atoms with Crippen LogP contribution in [0.3, 0.4) is 0 Å². The molecule has 1 heterocycles. The molecule has 0 aliphatic carbocycles. The zero-order valence-electron chi connectivity index (χ0n) is 6.99. The van der Waals surface area contributed by atoms with Crippen LogP contribution in [0.15, 0.2) is 16.7 Å². The minimum atomic E-state index is -0.454. The van der Waals surface area contributed by atoms with E-state index in [0.717, 1.165) is 5.56 Å². The summed E-state index contributed by atoms with van der Waals surface area (Å²) in [6.07, 6.45) is 1.54. The van der Waals surface area contributed by atoms with Gasteiger partial charge >= 0.3 is 0 Å². The third kappa shape index (κ3) is 1.85. The molecule has 0 aromatic carbocycles. The number of rotatable bonds is 4. The Morgan fingerprint density at radius 1 is 1.75 bits per heavy atom. The second-order valence-electron chi connectivity index (χ2n) is 2.53. The van der Waals surface area contributed by atoms with E-state index in [4.69, 9.17) is 20.0 Å². The zero-order valence-corrected chi connectivity index (χ0v) is 6.99. The van der Waals surface area contributed by atoms with Crippen LogP contribution in [0.4, 0.5) is 0 Å². The van der Waals surface area contributed by atoms with Gasteiger partial charge in [-0.1, -0.05) is 0 Å². The monoisotopic (exact) mass is 171 g/mol. The van der Waals surface area contributed by atoms with E-state index in [0.29, 0.717) is 12.4 Å². The van der Waals surface area contributed by atoms with Crippen LogP contribution in [0.1, 0.15) is 17.4 Å². The summed E-state index contributed by atoms with van der Waals surface area (Å²) in [7, 11) is 1.60. The minimum absolute atomic E-state index is 0.121. The van der Waals surface area contributed by atoms with Gasteiger partial charge < -0.3 is 20.0 Å². The molecule has 0 spiro atoms. The summed E-state index contributed by atoms with van der Waals surface area (Å²) in [5.41, 5.74) is 6.46. The number of hydrogen-bond donors (Lipinski definition) is 2. The molecule has 1 rings (SSSR count). The highest BCUT2D eigenvalue weighted by Crippen LogP contribution is 2.17. The van der Waals surface area contributed by atoms with Gasteiger partial charge in [0, 0.05) is 12.7 Å². The third-order valence-corrected chi connectivity index (χ3v) is 1.61. The van der Waals surface area contributed by atoms with Gasteiger partial charge in [-0.3, -0.25) is 0 Å². The molecule has 0 aliphatic rings. The highest BCUT2D eigenvalue weighted by molar-refractivity contribution is 5.19. The Bertz CT molecular complexity index is 234. The van der Waals surface area contributed by atoms with Crippen LogP contribution >= 0.6 is 0 Å². The molecule has 1 aromatic heterocycles. The normalized spacial score (nSPS) is 13.2. The fraction of sp³-hybridized carbons (Fsp3) is 0.500. The highest BCUT2D eigenvalue weighted by atomic mass is 16.5. The number of hydrogen-bond acceptors (Lipinski definition) is 4. The topological polar surface area (TPSA) is 68.6 Å². The van der Waals surface area contributed by atoms with Crippen molar-refractivity contribution in [3.63, 3.8) is 0 Å². The maximum Gasteiger partial charge on any atom is 0.128 e. The molecule has 4 heteroatoms. The number of methoxy groups -OCH3 is 1. The summed E-state index contributed by atoms with van der Waals surface area (Å²) < 4.78 is 10.0. The van der Waals surface area contributed by atoms with Gasteiger partial charge in [-0.2, -0.15) is 0 Å². The van der Waals surface area contributed by atoms with Gasteiger partial charge in [-0.25, -0.2) is 0 Å². The van der Waals surface area contributed by atoms with Crippen LogP contribution in [0.5, 0.6) is 0 Å². The van der Waals surface area contributed by atoms with E-state index >= 15 is 0 Å². The van der Waals surface area contributed by atoms with Crippen molar-refractivity contribution in [3.05, 3.63) is 23.7 Å². The molecule has 0 saturated heterocycles. The Morgan fingerprint density at radius 2 is 2.50 bits per heavy atom. The SMILES string of the molecule is COCc1ccoc1C(N)CO. The maximum atomic E-state index is 8.77. The first kappa shape index (κ1) is 9.25. The Balaban J connectivity index is 2.76. The van der Waals surface area contributed by atoms with E-state index in [1.807, 2.05) is 0 Å². The van der Waals surface area contributed by atoms with Crippen molar-refractivity contribution in [2.75, 3.05) is 13.7 Å². The molecule has 0 radical (unpaired) electrons. The summed E-state index contributed by atoms with van der Waals surface area (Å²) in [6.45, 7) is 0.337. The van der Waals surface area contributed by atoms with Gasteiger partial charge in [-0.15, -0.1) is 0 Å². The Labute approximate surface area is 70.9 Å². The molecule has 0 amide bonds. The number of aliphatic hydroxyl groups is 1. The zero-order chi connectivity index (χ0) is 8.97. The Morgan fingerprint density at radius 3 is 3.08 bits per heavy atom. The van der Waals surface area contributed by atoms with E-state index in [1.165, 1.54) is 0 Å². The number of ether oxygens (including phenoxy) is 1. The summed E-state index contributed by atoms with van der Waals surface area (Å²) in [4.78, 5) is 0. The van der Waals surface area contributed by atoms with Crippen LogP contribution in [0.25, 0.3) is 0 Å². The molecule has 4 nitrogen and oxygen atoms in total. The molecule has 68 valence electrons. The summed E-state index contributed by atoms with van der Waals surface area (Å²) >= 11 is 0. The van der Waals surface area contributed by atoms with Crippen LogP contribution in [-0.4, -0.2) is 18.8 Å². The molecular formula is C8H13NO3. The van der Waals surface area contributed by atoms with Crippen molar-refractivity contribution >= 4 is 0 Å². The fourth-order valence-corrected chi connectivity index (χ4v) is 1.03. The van der Waals surface area contributed by atoms with Crippen molar-refractivity contribution in [3.8, 4) is 0 Å².